The van der Waals surface area contributed by atoms with Crippen LogP contribution in [0.2, 0.25) is 0 Å². The number of rotatable bonds is 2. The van der Waals surface area contributed by atoms with Crippen molar-refractivity contribution in [1.29, 1.82) is 0 Å². The van der Waals surface area contributed by atoms with Gasteiger partial charge in [-0.1, -0.05) is 28.8 Å². The van der Waals surface area contributed by atoms with Gasteiger partial charge in [-0.3, -0.25) is 4.79 Å². The zero-order valence-corrected chi connectivity index (χ0v) is 13.4. The summed E-state index contributed by atoms with van der Waals surface area (Å²) in [5, 5.41) is 0. The predicted octanol–water partition coefficient (Wildman–Crippen LogP) is 3.80. The first kappa shape index (κ1) is 14.1. The van der Waals surface area contributed by atoms with Crippen molar-refractivity contribution in [2.24, 2.45) is 0 Å². The van der Waals surface area contributed by atoms with Crippen LogP contribution in [-0.2, 0) is 4.74 Å². The second kappa shape index (κ2) is 5.86. The lowest BCUT2D eigenvalue weighted by Crippen LogP contribution is -2.53. The highest BCUT2D eigenvalue weighted by atomic mass is 79.9. The Morgan fingerprint density at radius 3 is 2.95 bits per heavy atom. The second-order valence-electron chi connectivity index (χ2n) is 5.67. The maximum absolute atomic E-state index is 11.9. The average Bonchev–Trinajstić information content (AvgIpc) is 2.46. The van der Waals surface area contributed by atoms with Gasteiger partial charge in [0.15, 0.2) is 5.78 Å². The van der Waals surface area contributed by atoms with Gasteiger partial charge < -0.3 is 9.64 Å². The van der Waals surface area contributed by atoms with Crippen molar-refractivity contribution in [3.8, 4) is 0 Å². The molecule has 3 nitrogen and oxygen atoms in total. The van der Waals surface area contributed by atoms with Crippen molar-refractivity contribution in [2.45, 2.75) is 44.8 Å². The zero-order valence-electron chi connectivity index (χ0n) is 11.8. The van der Waals surface area contributed by atoms with Crippen LogP contribution < -0.4 is 4.90 Å². The van der Waals surface area contributed by atoms with Crippen LogP contribution in [0.3, 0.4) is 0 Å². The predicted molar refractivity (Wildman–Crippen MR) is 83.5 cm³/mol. The molecule has 2 fully saturated rings. The minimum atomic E-state index is 0.131. The van der Waals surface area contributed by atoms with Gasteiger partial charge in [0.25, 0.3) is 0 Å². The van der Waals surface area contributed by atoms with Crippen LogP contribution in [0, 0.1) is 0 Å². The molecule has 1 aromatic rings. The Balaban J connectivity index is 1.98. The standard InChI is InChI=1S/C16H20BrNO2/c1-11(19)13-7-6-12(17)10-15(13)18-8-9-20-16-5-3-2-4-14(16)18/h6-7,10,14,16H,2-5,8-9H2,1H3. The normalized spacial score (nSPS) is 26.2. The van der Waals surface area contributed by atoms with Gasteiger partial charge in [-0.25, -0.2) is 0 Å². The van der Waals surface area contributed by atoms with E-state index in [1.165, 1.54) is 12.8 Å². The summed E-state index contributed by atoms with van der Waals surface area (Å²) < 4.78 is 6.95. The molecule has 1 saturated carbocycles. The van der Waals surface area contributed by atoms with E-state index in [1.807, 2.05) is 12.1 Å². The number of benzene rings is 1. The maximum atomic E-state index is 11.9. The van der Waals surface area contributed by atoms with Gasteiger partial charge in [0.05, 0.1) is 18.8 Å². The van der Waals surface area contributed by atoms with Gasteiger partial charge >= 0.3 is 0 Å². The number of anilines is 1. The van der Waals surface area contributed by atoms with Crippen molar-refractivity contribution in [1.82, 2.24) is 0 Å². The molecule has 1 aliphatic heterocycles. The molecule has 1 aliphatic carbocycles. The van der Waals surface area contributed by atoms with Crippen LogP contribution in [-0.4, -0.2) is 31.1 Å². The molecule has 4 heteroatoms. The molecule has 2 aliphatic rings. The number of hydrogen-bond acceptors (Lipinski definition) is 3. The highest BCUT2D eigenvalue weighted by molar-refractivity contribution is 9.10. The summed E-state index contributed by atoms with van der Waals surface area (Å²) in [6.07, 6.45) is 5.15. The van der Waals surface area contributed by atoms with Gasteiger partial charge in [0.2, 0.25) is 0 Å². The molecule has 20 heavy (non-hydrogen) atoms. The molecular formula is C16H20BrNO2. The second-order valence-corrected chi connectivity index (χ2v) is 6.59. The zero-order chi connectivity index (χ0) is 14.1. The third-order valence-corrected chi connectivity index (χ3v) is 4.87. The topological polar surface area (TPSA) is 29.5 Å². The summed E-state index contributed by atoms with van der Waals surface area (Å²) in [5.74, 6) is 0.131. The highest BCUT2D eigenvalue weighted by Crippen LogP contribution is 2.35. The van der Waals surface area contributed by atoms with E-state index < -0.39 is 0 Å². The van der Waals surface area contributed by atoms with Crippen LogP contribution in [0.25, 0.3) is 0 Å². The lowest BCUT2D eigenvalue weighted by Gasteiger charge is -2.45. The molecule has 0 N–H and O–H groups in total. The molecule has 108 valence electrons. The third kappa shape index (κ3) is 2.63. The fraction of sp³-hybridized carbons (Fsp3) is 0.562. The molecule has 1 heterocycles. The van der Waals surface area contributed by atoms with E-state index in [0.717, 1.165) is 41.7 Å². The molecule has 1 aromatic carbocycles. The van der Waals surface area contributed by atoms with E-state index in [9.17, 15) is 4.79 Å². The van der Waals surface area contributed by atoms with E-state index >= 15 is 0 Å². The number of carbonyl (C=O) groups is 1. The molecule has 0 aromatic heterocycles. The average molecular weight is 338 g/mol. The summed E-state index contributed by atoms with van der Waals surface area (Å²) >= 11 is 3.53. The molecule has 1 saturated heterocycles. The van der Waals surface area contributed by atoms with Crippen LogP contribution in [0.4, 0.5) is 5.69 Å². The summed E-state index contributed by atoms with van der Waals surface area (Å²) in [6.45, 7) is 3.27. The van der Waals surface area contributed by atoms with E-state index in [2.05, 4.69) is 26.9 Å². The summed E-state index contributed by atoms with van der Waals surface area (Å²) in [5.41, 5.74) is 1.88. The first-order valence-corrected chi connectivity index (χ1v) is 8.15. The van der Waals surface area contributed by atoms with Gasteiger partial charge in [-0.2, -0.15) is 0 Å². The van der Waals surface area contributed by atoms with Crippen molar-refractivity contribution < 1.29 is 9.53 Å². The molecule has 3 rings (SSSR count). The number of nitrogens with zero attached hydrogens (tertiary/aromatic N) is 1. The Morgan fingerprint density at radius 2 is 2.15 bits per heavy atom. The van der Waals surface area contributed by atoms with E-state index in [4.69, 9.17) is 4.74 Å². The third-order valence-electron chi connectivity index (χ3n) is 4.38. The number of fused-ring (bicyclic) bond motifs is 1. The van der Waals surface area contributed by atoms with Gasteiger partial charge in [-0.05, 0) is 38.0 Å². The van der Waals surface area contributed by atoms with E-state index in [1.54, 1.807) is 6.92 Å². The van der Waals surface area contributed by atoms with Crippen molar-refractivity contribution in [3.63, 3.8) is 0 Å². The Bertz CT molecular complexity index is 515. The summed E-state index contributed by atoms with van der Waals surface area (Å²) in [7, 11) is 0. The van der Waals surface area contributed by atoms with Gasteiger partial charge in [-0.15, -0.1) is 0 Å². The highest BCUT2D eigenvalue weighted by Gasteiger charge is 2.35. The molecule has 2 atom stereocenters. The van der Waals surface area contributed by atoms with Crippen LogP contribution in [0.1, 0.15) is 43.0 Å². The van der Waals surface area contributed by atoms with E-state index in [0.29, 0.717) is 12.1 Å². The number of ether oxygens (including phenoxy) is 1. The van der Waals surface area contributed by atoms with Crippen molar-refractivity contribution in [2.75, 3.05) is 18.1 Å². The van der Waals surface area contributed by atoms with Crippen LogP contribution in [0.5, 0.6) is 0 Å². The molecule has 0 spiro atoms. The minimum absolute atomic E-state index is 0.131. The molecule has 0 radical (unpaired) electrons. The largest absolute Gasteiger partial charge is 0.374 e. The smallest absolute Gasteiger partial charge is 0.161 e. The number of Topliss-reactive ketones (excluding diaryl/α,β-unsaturated/α-hetero) is 1. The number of morpholine rings is 1. The Morgan fingerprint density at radius 1 is 1.35 bits per heavy atom. The van der Waals surface area contributed by atoms with E-state index in [-0.39, 0.29) is 5.78 Å². The summed E-state index contributed by atoms with van der Waals surface area (Å²) in [6, 6.07) is 6.37. The number of ketones is 1. The Hall–Kier alpha value is -0.870. The van der Waals surface area contributed by atoms with Crippen molar-refractivity contribution in [3.05, 3.63) is 28.2 Å². The monoisotopic (exact) mass is 337 g/mol. The molecule has 0 bridgehead atoms. The Kier molecular flexibility index (Phi) is 4.13. The SMILES string of the molecule is CC(=O)c1ccc(Br)cc1N1CCOC2CCCCC21. The lowest BCUT2D eigenvalue weighted by molar-refractivity contribution is -0.00873. The van der Waals surface area contributed by atoms with Crippen LogP contribution >= 0.6 is 15.9 Å². The Labute approximate surface area is 128 Å². The molecule has 2 unspecified atom stereocenters. The number of carbonyl (C=O) groups excluding carboxylic acids is 1. The first-order valence-electron chi connectivity index (χ1n) is 7.35. The van der Waals surface area contributed by atoms with Crippen molar-refractivity contribution >= 4 is 27.4 Å². The number of halogens is 1. The fourth-order valence-electron chi connectivity index (χ4n) is 3.44. The quantitative estimate of drug-likeness (QED) is 0.768. The minimum Gasteiger partial charge on any atom is -0.374 e. The van der Waals surface area contributed by atoms with Crippen LogP contribution in [0.15, 0.2) is 22.7 Å². The van der Waals surface area contributed by atoms with Gasteiger partial charge in [0.1, 0.15) is 0 Å². The maximum Gasteiger partial charge on any atom is 0.161 e. The number of hydrogen-bond donors (Lipinski definition) is 0. The first-order chi connectivity index (χ1) is 9.66. The van der Waals surface area contributed by atoms with Gasteiger partial charge in [0, 0.05) is 22.3 Å². The molecular weight excluding hydrogens is 318 g/mol. The fourth-order valence-corrected chi connectivity index (χ4v) is 3.78. The summed E-state index contributed by atoms with van der Waals surface area (Å²) in [4.78, 5) is 14.3. The molecule has 0 amide bonds. The lowest BCUT2D eigenvalue weighted by atomic mass is 9.89.